The molecule has 21 heavy (non-hydrogen) atoms. The van der Waals surface area contributed by atoms with Crippen molar-refractivity contribution in [3.63, 3.8) is 0 Å². The monoisotopic (exact) mass is 279 g/mol. The maximum Gasteiger partial charge on any atom is 0.165 e. The molecular formula is C18H17NO2. The number of para-hydroxylation sites is 1. The van der Waals surface area contributed by atoms with Gasteiger partial charge < -0.3 is 9.72 Å². The molecule has 0 aliphatic heterocycles. The molecule has 0 spiro atoms. The number of hydrogen-bond acceptors (Lipinski definition) is 2. The zero-order valence-corrected chi connectivity index (χ0v) is 11.9. The standard InChI is InChI=1S/C18H17NO2/c1-21-14-9-6-13(7-10-14)8-11-18(20)16-12-19-17-5-3-2-4-15(16)17/h2-7,9-10,12,19H,8,11H2,1H3. The molecule has 3 heteroatoms. The van der Waals surface area contributed by atoms with Crippen LogP contribution in [0.4, 0.5) is 0 Å². The Labute approximate surface area is 123 Å². The number of hydrogen-bond donors (Lipinski definition) is 1. The Balaban J connectivity index is 1.71. The molecule has 3 aromatic rings. The third kappa shape index (κ3) is 2.82. The Kier molecular flexibility index (Phi) is 3.73. The fraction of sp³-hybridized carbons (Fsp3) is 0.167. The van der Waals surface area contributed by atoms with Gasteiger partial charge in [0, 0.05) is 29.1 Å². The minimum absolute atomic E-state index is 0.170. The van der Waals surface area contributed by atoms with Crippen molar-refractivity contribution in [2.75, 3.05) is 7.11 Å². The van der Waals surface area contributed by atoms with Crippen molar-refractivity contribution in [1.29, 1.82) is 0 Å². The molecule has 1 aromatic heterocycles. The van der Waals surface area contributed by atoms with Crippen molar-refractivity contribution in [2.24, 2.45) is 0 Å². The molecule has 1 N–H and O–H groups in total. The minimum atomic E-state index is 0.170. The zero-order chi connectivity index (χ0) is 14.7. The van der Waals surface area contributed by atoms with E-state index in [2.05, 4.69) is 4.98 Å². The average molecular weight is 279 g/mol. The normalized spacial score (nSPS) is 10.7. The highest BCUT2D eigenvalue weighted by atomic mass is 16.5. The van der Waals surface area contributed by atoms with Gasteiger partial charge >= 0.3 is 0 Å². The number of carbonyl (C=O) groups excluding carboxylic acids is 1. The van der Waals surface area contributed by atoms with Crippen LogP contribution in [0.15, 0.2) is 54.7 Å². The van der Waals surface area contributed by atoms with Crippen molar-refractivity contribution in [3.05, 3.63) is 65.9 Å². The van der Waals surface area contributed by atoms with Gasteiger partial charge in [-0.2, -0.15) is 0 Å². The maximum atomic E-state index is 12.4. The molecule has 0 radical (unpaired) electrons. The summed E-state index contributed by atoms with van der Waals surface area (Å²) in [6.07, 6.45) is 3.05. The summed E-state index contributed by atoms with van der Waals surface area (Å²) < 4.78 is 5.13. The van der Waals surface area contributed by atoms with Gasteiger partial charge in [0.2, 0.25) is 0 Å². The number of Topliss-reactive ketones (excluding diaryl/α,β-unsaturated/α-hetero) is 1. The maximum absolute atomic E-state index is 12.4. The Morgan fingerprint density at radius 3 is 2.62 bits per heavy atom. The summed E-state index contributed by atoms with van der Waals surface area (Å²) in [6, 6.07) is 15.7. The van der Waals surface area contributed by atoms with Crippen molar-refractivity contribution in [1.82, 2.24) is 4.98 Å². The van der Waals surface area contributed by atoms with E-state index in [0.29, 0.717) is 6.42 Å². The van der Waals surface area contributed by atoms with Crippen molar-refractivity contribution in [3.8, 4) is 5.75 Å². The fourth-order valence-corrected chi connectivity index (χ4v) is 2.49. The number of fused-ring (bicyclic) bond motifs is 1. The Morgan fingerprint density at radius 2 is 1.86 bits per heavy atom. The predicted octanol–water partition coefficient (Wildman–Crippen LogP) is 3.99. The number of methoxy groups -OCH3 is 1. The molecule has 0 unspecified atom stereocenters. The first kappa shape index (κ1) is 13.4. The summed E-state index contributed by atoms with van der Waals surface area (Å²) in [5.74, 6) is 1.00. The van der Waals surface area contributed by atoms with Crippen LogP contribution in [-0.2, 0) is 6.42 Å². The van der Waals surface area contributed by atoms with E-state index in [0.717, 1.165) is 34.2 Å². The smallest absolute Gasteiger partial charge is 0.165 e. The van der Waals surface area contributed by atoms with E-state index < -0.39 is 0 Å². The van der Waals surface area contributed by atoms with E-state index in [-0.39, 0.29) is 5.78 Å². The number of rotatable bonds is 5. The first-order chi connectivity index (χ1) is 10.3. The molecule has 3 rings (SSSR count). The summed E-state index contributed by atoms with van der Waals surface area (Å²) in [5.41, 5.74) is 2.92. The van der Waals surface area contributed by atoms with Gasteiger partial charge in [-0.25, -0.2) is 0 Å². The first-order valence-corrected chi connectivity index (χ1v) is 7.00. The molecule has 0 bridgehead atoms. The summed E-state index contributed by atoms with van der Waals surface area (Å²) >= 11 is 0. The van der Waals surface area contributed by atoms with E-state index in [1.807, 2.05) is 48.5 Å². The largest absolute Gasteiger partial charge is 0.497 e. The minimum Gasteiger partial charge on any atom is -0.497 e. The van der Waals surface area contributed by atoms with E-state index in [1.54, 1.807) is 13.3 Å². The zero-order valence-electron chi connectivity index (χ0n) is 11.9. The molecule has 0 fully saturated rings. The third-order valence-electron chi connectivity index (χ3n) is 3.69. The number of benzene rings is 2. The van der Waals surface area contributed by atoms with Gasteiger partial charge in [0.15, 0.2) is 5.78 Å². The lowest BCUT2D eigenvalue weighted by atomic mass is 10.0. The van der Waals surface area contributed by atoms with Gasteiger partial charge in [0.25, 0.3) is 0 Å². The van der Waals surface area contributed by atoms with Gasteiger partial charge in [0.05, 0.1) is 7.11 Å². The van der Waals surface area contributed by atoms with Gasteiger partial charge in [-0.15, -0.1) is 0 Å². The van der Waals surface area contributed by atoms with Gasteiger partial charge in [-0.1, -0.05) is 30.3 Å². The lowest BCUT2D eigenvalue weighted by molar-refractivity contribution is 0.0984. The second kappa shape index (κ2) is 5.83. The molecule has 3 nitrogen and oxygen atoms in total. The van der Waals surface area contributed by atoms with Crippen molar-refractivity contribution >= 4 is 16.7 Å². The summed E-state index contributed by atoms with van der Waals surface area (Å²) in [7, 11) is 1.65. The average Bonchev–Trinajstić information content (AvgIpc) is 2.97. The molecule has 0 saturated heterocycles. The van der Waals surface area contributed by atoms with E-state index in [4.69, 9.17) is 4.74 Å². The predicted molar refractivity (Wildman–Crippen MR) is 83.9 cm³/mol. The second-order valence-corrected chi connectivity index (χ2v) is 5.02. The van der Waals surface area contributed by atoms with Crippen LogP contribution in [0, 0.1) is 0 Å². The Bertz CT molecular complexity index is 756. The molecule has 2 aromatic carbocycles. The van der Waals surface area contributed by atoms with Crippen LogP contribution in [0.3, 0.4) is 0 Å². The lowest BCUT2D eigenvalue weighted by Gasteiger charge is -2.03. The van der Waals surface area contributed by atoms with E-state index in [1.165, 1.54) is 0 Å². The van der Waals surface area contributed by atoms with Crippen LogP contribution in [0.1, 0.15) is 22.3 Å². The van der Waals surface area contributed by atoms with Crippen LogP contribution in [0.25, 0.3) is 10.9 Å². The molecule has 0 aliphatic carbocycles. The number of ketones is 1. The van der Waals surface area contributed by atoms with Crippen LogP contribution in [0.2, 0.25) is 0 Å². The molecule has 0 atom stereocenters. The lowest BCUT2D eigenvalue weighted by Crippen LogP contribution is -2.00. The van der Waals surface area contributed by atoms with Crippen molar-refractivity contribution < 1.29 is 9.53 Å². The number of aromatic nitrogens is 1. The molecule has 0 aliphatic rings. The van der Waals surface area contributed by atoms with E-state index >= 15 is 0 Å². The molecule has 106 valence electrons. The number of H-pyrrole nitrogens is 1. The van der Waals surface area contributed by atoms with Crippen LogP contribution < -0.4 is 4.74 Å². The van der Waals surface area contributed by atoms with Gasteiger partial charge in [-0.05, 0) is 30.2 Å². The number of ether oxygens (including phenoxy) is 1. The summed E-state index contributed by atoms with van der Waals surface area (Å²) in [4.78, 5) is 15.5. The molecule has 1 heterocycles. The molecule has 0 amide bonds. The fourth-order valence-electron chi connectivity index (χ4n) is 2.49. The molecular weight excluding hydrogens is 262 g/mol. The number of aromatic amines is 1. The second-order valence-electron chi connectivity index (χ2n) is 5.02. The number of nitrogens with one attached hydrogen (secondary N) is 1. The highest BCUT2D eigenvalue weighted by Crippen LogP contribution is 2.20. The van der Waals surface area contributed by atoms with Crippen LogP contribution >= 0.6 is 0 Å². The van der Waals surface area contributed by atoms with Gasteiger partial charge in [0.1, 0.15) is 5.75 Å². The van der Waals surface area contributed by atoms with E-state index in [9.17, 15) is 4.79 Å². The summed E-state index contributed by atoms with van der Waals surface area (Å²) in [5, 5.41) is 0.997. The molecule has 0 saturated carbocycles. The quantitative estimate of drug-likeness (QED) is 0.717. The summed E-state index contributed by atoms with van der Waals surface area (Å²) in [6.45, 7) is 0. The van der Waals surface area contributed by atoms with Gasteiger partial charge in [-0.3, -0.25) is 4.79 Å². The van der Waals surface area contributed by atoms with Crippen LogP contribution in [0.5, 0.6) is 5.75 Å². The third-order valence-corrected chi connectivity index (χ3v) is 3.69. The highest BCUT2D eigenvalue weighted by molar-refractivity contribution is 6.07. The highest BCUT2D eigenvalue weighted by Gasteiger charge is 2.11. The Hall–Kier alpha value is -2.55. The number of aryl methyl sites for hydroxylation is 1. The van der Waals surface area contributed by atoms with Crippen molar-refractivity contribution in [2.45, 2.75) is 12.8 Å². The Morgan fingerprint density at radius 1 is 1.10 bits per heavy atom. The van der Waals surface area contributed by atoms with Crippen LogP contribution in [-0.4, -0.2) is 17.9 Å². The first-order valence-electron chi connectivity index (χ1n) is 7.00. The topological polar surface area (TPSA) is 42.1 Å². The number of carbonyl (C=O) groups is 1. The SMILES string of the molecule is COc1ccc(CCC(=O)c2c[nH]c3ccccc23)cc1.